The van der Waals surface area contributed by atoms with Gasteiger partial charge in [-0.15, -0.1) is 0 Å². The smallest absolute Gasteiger partial charge is 0.312 e. The van der Waals surface area contributed by atoms with Gasteiger partial charge in [0.1, 0.15) is 22.5 Å². The van der Waals surface area contributed by atoms with Crippen LogP contribution in [-0.4, -0.2) is 38.6 Å². The summed E-state index contributed by atoms with van der Waals surface area (Å²) in [6.07, 6.45) is -0.152. The van der Waals surface area contributed by atoms with Gasteiger partial charge in [0.25, 0.3) is 0 Å². The van der Waals surface area contributed by atoms with Crippen LogP contribution in [0.4, 0.5) is 0 Å². The number of carbonyl (C=O) groups is 1. The topological polar surface area (TPSA) is 167 Å². The van der Waals surface area contributed by atoms with Crippen molar-refractivity contribution in [2.45, 2.75) is 12.3 Å². The third-order valence-corrected chi connectivity index (χ3v) is 5.91. The minimum Gasteiger partial charge on any atom is -0.507 e. The van der Waals surface area contributed by atoms with Crippen LogP contribution in [0.3, 0.4) is 0 Å². The normalized spacial score (nSPS) is 15.0. The first-order valence-electron chi connectivity index (χ1n) is 10.3. The number of carbonyl (C=O) groups excluding carboxylic acids is 1. The average molecular weight is 478 g/mol. The second kappa shape index (κ2) is 7.87. The fourth-order valence-electron chi connectivity index (χ4n) is 4.24. The number of aromatic hydroxyl groups is 5. The summed E-state index contributed by atoms with van der Waals surface area (Å²) < 4.78 is 16.4. The van der Waals surface area contributed by atoms with Gasteiger partial charge in [-0.25, -0.2) is 0 Å². The molecule has 3 aromatic carbocycles. The predicted molar refractivity (Wildman–Crippen MR) is 121 cm³/mol. The Kier molecular flexibility index (Phi) is 4.94. The first-order valence-corrected chi connectivity index (χ1v) is 10.3. The Labute approximate surface area is 196 Å². The fraction of sp³-hybridized carbons (Fsp3) is 0.120. The highest BCUT2D eigenvalue weighted by molar-refractivity contribution is 5.94. The first kappa shape index (κ1) is 22.0. The lowest BCUT2D eigenvalue weighted by molar-refractivity contribution is -0.135. The molecular formula is C25H18O10. The SMILES string of the molecule is COc1cc([C@H]2CC(=O)Oc3cc(O)c4c(=O)c(O)c(-c5ccc(O)c(O)c5)oc4c32)ccc1O. The van der Waals surface area contributed by atoms with Gasteiger partial charge in [-0.3, -0.25) is 9.59 Å². The summed E-state index contributed by atoms with van der Waals surface area (Å²) in [5.74, 6) is -3.98. The van der Waals surface area contributed by atoms with Crippen molar-refractivity contribution >= 4 is 16.9 Å². The zero-order valence-corrected chi connectivity index (χ0v) is 18.1. The number of hydrogen-bond acceptors (Lipinski definition) is 10. The van der Waals surface area contributed by atoms with Crippen molar-refractivity contribution in [3.8, 4) is 51.6 Å². The summed E-state index contributed by atoms with van der Waals surface area (Å²) in [7, 11) is 1.37. The second-order valence-electron chi connectivity index (χ2n) is 7.99. The lowest BCUT2D eigenvalue weighted by Crippen LogP contribution is -2.22. The van der Waals surface area contributed by atoms with Crippen molar-refractivity contribution in [3.05, 3.63) is 63.8 Å². The van der Waals surface area contributed by atoms with Crippen molar-refractivity contribution in [2.75, 3.05) is 7.11 Å². The highest BCUT2D eigenvalue weighted by atomic mass is 16.5. The summed E-state index contributed by atoms with van der Waals surface area (Å²) in [6, 6.07) is 9.15. The standard InChI is InChI=1S/C25H18O10/c1-33-17-7-10(2-5-14(17)27)12-8-19(30)34-18-9-16(29)21-22(31)23(32)24(35-25(21)20(12)18)11-3-4-13(26)15(28)6-11/h2-7,9,12,26-29,32H,8H2,1H3/t12-/m1/s1. The number of phenolic OH excluding ortho intramolecular Hbond substituents is 4. The van der Waals surface area contributed by atoms with Crippen LogP contribution in [-0.2, 0) is 4.79 Å². The van der Waals surface area contributed by atoms with E-state index in [-0.39, 0.29) is 51.5 Å². The zero-order valence-electron chi connectivity index (χ0n) is 18.1. The van der Waals surface area contributed by atoms with Gasteiger partial charge in [0.05, 0.1) is 13.5 Å². The van der Waals surface area contributed by atoms with Crippen molar-refractivity contribution in [1.29, 1.82) is 0 Å². The third kappa shape index (κ3) is 3.43. The van der Waals surface area contributed by atoms with Gasteiger partial charge < -0.3 is 39.4 Å². The number of phenols is 4. The number of hydrogen-bond donors (Lipinski definition) is 5. The summed E-state index contributed by atoms with van der Waals surface area (Å²) >= 11 is 0. The number of fused-ring (bicyclic) bond motifs is 3. The van der Waals surface area contributed by atoms with Crippen molar-refractivity contribution in [1.82, 2.24) is 0 Å². The molecule has 0 radical (unpaired) electrons. The van der Waals surface area contributed by atoms with Gasteiger partial charge in [0.15, 0.2) is 28.8 Å². The van der Waals surface area contributed by atoms with E-state index in [0.717, 1.165) is 18.2 Å². The van der Waals surface area contributed by atoms with Crippen LogP contribution in [0.2, 0.25) is 0 Å². The van der Waals surface area contributed by atoms with Crippen LogP contribution >= 0.6 is 0 Å². The van der Waals surface area contributed by atoms with E-state index in [0.29, 0.717) is 5.56 Å². The summed E-state index contributed by atoms with van der Waals surface area (Å²) in [4.78, 5) is 25.5. The van der Waals surface area contributed by atoms with E-state index in [1.54, 1.807) is 6.07 Å². The first-order chi connectivity index (χ1) is 16.7. The van der Waals surface area contributed by atoms with E-state index in [1.165, 1.54) is 25.3 Å². The van der Waals surface area contributed by atoms with Crippen LogP contribution in [0.25, 0.3) is 22.3 Å². The molecule has 4 aromatic rings. The molecule has 178 valence electrons. The number of rotatable bonds is 3. The van der Waals surface area contributed by atoms with Crippen molar-refractivity contribution in [3.63, 3.8) is 0 Å². The Morgan fingerprint density at radius 3 is 2.34 bits per heavy atom. The minimum atomic E-state index is -0.951. The Balaban J connectivity index is 1.84. The van der Waals surface area contributed by atoms with Gasteiger partial charge >= 0.3 is 5.97 Å². The molecule has 5 N–H and O–H groups in total. The molecule has 0 amide bonds. The Morgan fingerprint density at radius 1 is 0.886 bits per heavy atom. The Bertz CT molecular complexity index is 1580. The van der Waals surface area contributed by atoms with Crippen LogP contribution in [0, 0.1) is 0 Å². The maximum absolute atomic E-state index is 13.1. The summed E-state index contributed by atoms with van der Waals surface area (Å²) in [5, 5.41) is 50.3. The zero-order chi connectivity index (χ0) is 25.0. The molecule has 1 atom stereocenters. The molecule has 0 saturated heterocycles. The molecule has 10 nitrogen and oxygen atoms in total. The van der Waals surface area contributed by atoms with Gasteiger partial charge in [0, 0.05) is 23.1 Å². The highest BCUT2D eigenvalue weighted by Crippen LogP contribution is 2.48. The molecule has 1 aliphatic rings. The number of benzene rings is 3. The van der Waals surface area contributed by atoms with Gasteiger partial charge in [0.2, 0.25) is 11.2 Å². The van der Waals surface area contributed by atoms with Crippen LogP contribution in [0.1, 0.15) is 23.5 Å². The molecule has 5 rings (SSSR count). The molecule has 2 heterocycles. The molecule has 1 aliphatic heterocycles. The Morgan fingerprint density at radius 2 is 1.63 bits per heavy atom. The molecule has 0 bridgehead atoms. The molecule has 1 aromatic heterocycles. The molecule has 0 unspecified atom stereocenters. The number of methoxy groups -OCH3 is 1. The van der Waals surface area contributed by atoms with E-state index >= 15 is 0 Å². The van der Waals surface area contributed by atoms with E-state index in [1.807, 2.05) is 0 Å². The maximum Gasteiger partial charge on any atom is 0.312 e. The highest BCUT2D eigenvalue weighted by Gasteiger charge is 2.35. The van der Waals surface area contributed by atoms with Gasteiger partial charge in [-0.05, 0) is 35.9 Å². The largest absolute Gasteiger partial charge is 0.507 e. The third-order valence-electron chi connectivity index (χ3n) is 5.91. The van der Waals surface area contributed by atoms with Crippen molar-refractivity contribution < 1.29 is 44.2 Å². The Hall–Kier alpha value is -4.86. The van der Waals surface area contributed by atoms with Crippen LogP contribution < -0.4 is 14.9 Å². The van der Waals surface area contributed by atoms with Gasteiger partial charge in [-0.2, -0.15) is 0 Å². The van der Waals surface area contributed by atoms with E-state index < -0.39 is 40.3 Å². The molecule has 35 heavy (non-hydrogen) atoms. The number of ether oxygens (including phenoxy) is 2. The molecule has 0 saturated carbocycles. The molecule has 0 fully saturated rings. The monoisotopic (exact) mass is 478 g/mol. The minimum absolute atomic E-state index is 0.0448. The second-order valence-corrected chi connectivity index (χ2v) is 7.99. The molecule has 0 aliphatic carbocycles. The van der Waals surface area contributed by atoms with Gasteiger partial charge in [-0.1, -0.05) is 6.07 Å². The molecule has 0 spiro atoms. The molecule has 10 heteroatoms. The lowest BCUT2D eigenvalue weighted by atomic mass is 9.85. The van der Waals surface area contributed by atoms with Crippen molar-refractivity contribution in [2.24, 2.45) is 0 Å². The lowest BCUT2D eigenvalue weighted by Gasteiger charge is -2.26. The summed E-state index contributed by atoms with van der Waals surface area (Å²) in [5.41, 5.74) is -0.233. The molecular weight excluding hydrogens is 460 g/mol. The van der Waals surface area contributed by atoms with E-state index in [9.17, 15) is 35.1 Å². The fourth-order valence-corrected chi connectivity index (χ4v) is 4.24. The predicted octanol–water partition coefficient (Wildman–Crippen LogP) is 3.44. The number of esters is 1. The quantitative estimate of drug-likeness (QED) is 0.167. The van der Waals surface area contributed by atoms with Crippen LogP contribution in [0.5, 0.6) is 40.2 Å². The van der Waals surface area contributed by atoms with E-state index in [4.69, 9.17) is 13.9 Å². The maximum atomic E-state index is 13.1. The average Bonchev–Trinajstić information content (AvgIpc) is 2.82. The summed E-state index contributed by atoms with van der Waals surface area (Å²) in [6.45, 7) is 0. The van der Waals surface area contributed by atoms with E-state index in [2.05, 4.69) is 0 Å². The van der Waals surface area contributed by atoms with Crippen LogP contribution in [0.15, 0.2) is 51.7 Å².